The molecule has 0 saturated carbocycles. The fraction of sp³-hybridized carbons (Fsp3) is 0.486. The lowest BCUT2D eigenvalue weighted by Gasteiger charge is -2.38. The number of ether oxygens (including phenoxy) is 2. The van der Waals surface area contributed by atoms with Gasteiger partial charge in [-0.15, -0.1) is 0 Å². The molecule has 5 heteroatoms. The number of aromatic hydroxyl groups is 1. The maximum atomic E-state index is 12.4. The molecular formula is C37H51NO4. The van der Waals surface area contributed by atoms with E-state index in [2.05, 4.69) is 45.2 Å². The first-order valence-corrected chi connectivity index (χ1v) is 15.3. The average Bonchev–Trinajstić information content (AvgIpc) is 2.97. The fourth-order valence-corrected chi connectivity index (χ4v) is 5.52. The molecule has 1 heterocycles. The molecular weight excluding hydrogens is 522 g/mol. The van der Waals surface area contributed by atoms with Gasteiger partial charge in [0, 0.05) is 17.7 Å². The Kier molecular flexibility index (Phi) is 11.9. The number of hydrogen-bond donors (Lipinski definition) is 2. The molecule has 1 amide bonds. The van der Waals surface area contributed by atoms with Crippen molar-refractivity contribution in [3.63, 3.8) is 0 Å². The molecule has 0 aliphatic carbocycles. The molecule has 0 spiro atoms. The van der Waals surface area contributed by atoms with E-state index in [1.807, 2.05) is 51.1 Å². The predicted octanol–water partition coefficient (Wildman–Crippen LogP) is 8.91. The molecule has 1 aliphatic rings. The summed E-state index contributed by atoms with van der Waals surface area (Å²) in [7, 11) is 1.64. The monoisotopic (exact) mass is 573 g/mol. The summed E-state index contributed by atoms with van der Waals surface area (Å²) in [6, 6.07) is 7.73. The third-order valence-corrected chi connectivity index (χ3v) is 8.75. The van der Waals surface area contributed by atoms with Gasteiger partial charge in [0.05, 0.1) is 7.11 Å². The summed E-state index contributed by atoms with van der Waals surface area (Å²) in [4.78, 5) is 12.4. The Morgan fingerprint density at radius 1 is 0.952 bits per heavy atom. The van der Waals surface area contributed by atoms with Gasteiger partial charge in [0.15, 0.2) is 0 Å². The number of phenolic OH excluding ortho intramolecular Hbond substituents is 1. The summed E-state index contributed by atoms with van der Waals surface area (Å²) in [5.74, 6) is 2.18. The lowest BCUT2D eigenvalue weighted by atomic mass is 9.85. The van der Waals surface area contributed by atoms with E-state index in [1.165, 1.54) is 16.7 Å². The minimum absolute atomic E-state index is 0.0235. The molecule has 2 aromatic rings. The number of hydrogen-bond acceptors (Lipinski definition) is 4. The van der Waals surface area contributed by atoms with Crippen molar-refractivity contribution in [3.05, 3.63) is 87.0 Å². The van der Waals surface area contributed by atoms with Crippen LogP contribution in [0.3, 0.4) is 0 Å². The van der Waals surface area contributed by atoms with Crippen molar-refractivity contribution in [1.29, 1.82) is 0 Å². The minimum atomic E-state index is -0.181. The Morgan fingerprint density at radius 3 is 2.21 bits per heavy atom. The molecule has 1 atom stereocenters. The quantitative estimate of drug-likeness (QED) is 0.185. The predicted molar refractivity (Wildman–Crippen MR) is 173 cm³/mol. The molecule has 1 aliphatic heterocycles. The van der Waals surface area contributed by atoms with Crippen LogP contribution < -0.4 is 14.8 Å². The number of benzene rings is 2. The van der Waals surface area contributed by atoms with Gasteiger partial charge in [-0.2, -0.15) is 0 Å². The number of methoxy groups -OCH3 is 1. The molecule has 2 N–H and O–H groups in total. The zero-order chi connectivity index (χ0) is 30.9. The van der Waals surface area contributed by atoms with Gasteiger partial charge in [0.25, 0.3) is 0 Å². The second-order valence-electron chi connectivity index (χ2n) is 12.2. The van der Waals surface area contributed by atoms with Crippen LogP contribution in [0.1, 0.15) is 100 Å². The summed E-state index contributed by atoms with van der Waals surface area (Å²) in [6.07, 6.45) is 14.5. The van der Waals surface area contributed by atoms with Gasteiger partial charge in [0.2, 0.25) is 5.91 Å². The maximum absolute atomic E-state index is 12.4. The van der Waals surface area contributed by atoms with Gasteiger partial charge in [-0.1, -0.05) is 41.5 Å². The zero-order valence-electron chi connectivity index (χ0n) is 27.1. The van der Waals surface area contributed by atoms with Crippen molar-refractivity contribution in [2.75, 3.05) is 7.11 Å². The molecule has 0 saturated heterocycles. The van der Waals surface area contributed by atoms with Gasteiger partial charge < -0.3 is 19.9 Å². The number of carbonyl (C=O) groups excluding carboxylic acids is 1. The smallest absolute Gasteiger partial charge is 0.246 e. The third kappa shape index (κ3) is 9.01. The van der Waals surface area contributed by atoms with E-state index in [-0.39, 0.29) is 11.5 Å². The Hall–Kier alpha value is -3.47. The van der Waals surface area contributed by atoms with Crippen LogP contribution in [-0.2, 0) is 17.8 Å². The summed E-state index contributed by atoms with van der Waals surface area (Å²) in [6.45, 7) is 15.0. The molecule has 3 rings (SSSR count). The lowest BCUT2D eigenvalue weighted by molar-refractivity contribution is -0.117. The first kappa shape index (κ1) is 33.0. The Balaban J connectivity index is 1.38. The normalized spacial score (nSPS) is 17.5. The molecule has 5 nitrogen and oxygen atoms in total. The van der Waals surface area contributed by atoms with Crippen molar-refractivity contribution < 1.29 is 19.4 Å². The van der Waals surface area contributed by atoms with Crippen LogP contribution in [0.25, 0.3) is 0 Å². The Morgan fingerprint density at radius 2 is 1.57 bits per heavy atom. The number of amides is 1. The van der Waals surface area contributed by atoms with Crippen LogP contribution in [0.15, 0.2) is 59.2 Å². The van der Waals surface area contributed by atoms with E-state index >= 15 is 0 Å². The Labute approximate surface area is 253 Å². The summed E-state index contributed by atoms with van der Waals surface area (Å²) in [5.41, 5.74) is 8.51. The van der Waals surface area contributed by atoms with Gasteiger partial charge in [0.1, 0.15) is 22.8 Å². The van der Waals surface area contributed by atoms with Crippen LogP contribution in [0.4, 0.5) is 0 Å². The van der Waals surface area contributed by atoms with Crippen molar-refractivity contribution in [1.82, 2.24) is 5.32 Å². The molecule has 0 radical (unpaired) electrons. The minimum Gasteiger partial charge on any atom is -0.507 e. The number of rotatable bonds is 13. The number of fused-ring (bicyclic) bond motifs is 1. The van der Waals surface area contributed by atoms with E-state index in [0.29, 0.717) is 12.3 Å². The van der Waals surface area contributed by atoms with Crippen LogP contribution in [0.2, 0.25) is 0 Å². The number of carbonyl (C=O) groups is 1. The SMILES string of the molecule is COc1ccc(CNC(=O)/C(C)=C/CC/C(C)=C/CC/C(C)=C/CC[C@]2(C)CCc3c(C)c(O)c(C)c(C)c3O2)cc1. The van der Waals surface area contributed by atoms with Gasteiger partial charge >= 0.3 is 0 Å². The highest BCUT2D eigenvalue weighted by Crippen LogP contribution is 2.44. The molecule has 42 heavy (non-hydrogen) atoms. The first-order valence-electron chi connectivity index (χ1n) is 15.3. The summed E-state index contributed by atoms with van der Waals surface area (Å²) >= 11 is 0. The number of nitrogens with one attached hydrogen (secondary N) is 1. The highest BCUT2D eigenvalue weighted by molar-refractivity contribution is 5.92. The van der Waals surface area contributed by atoms with E-state index < -0.39 is 0 Å². The van der Waals surface area contributed by atoms with E-state index in [0.717, 1.165) is 90.7 Å². The average molecular weight is 574 g/mol. The highest BCUT2D eigenvalue weighted by Gasteiger charge is 2.34. The fourth-order valence-electron chi connectivity index (χ4n) is 5.52. The van der Waals surface area contributed by atoms with Crippen LogP contribution in [0, 0.1) is 20.8 Å². The van der Waals surface area contributed by atoms with Gasteiger partial charge in [-0.25, -0.2) is 0 Å². The van der Waals surface area contributed by atoms with Crippen LogP contribution in [0.5, 0.6) is 17.2 Å². The third-order valence-electron chi connectivity index (χ3n) is 8.75. The lowest BCUT2D eigenvalue weighted by Crippen LogP contribution is -2.37. The van der Waals surface area contributed by atoms with Crippen LogP contribution >= 0.6 is 0 Å². The Bertz CT molecular complexity index is 1330. The standard InChI is InChI=1S/C37H51NO4/c1-25(14-10-16-27(3)36(40)38-24-31-17-19-32(41-8)20-18-31)12-9-13-26(2)15-11-22-37(7)23-21-33-30(6)34(39)28(4)29(5)35(33)42-37/h12,15-20,39H,9-11,13-14,21-24H2,1-8H3,(H,38,40)/b25-12+,26-15+,27-16+/t37-/m1/s1. The summed E-state index contributed by atoms with van der Waals surface area (Å²) in [5, 5.41) is 13.4. The second kappa shape index (κ2) is 15.1. The van der Waals surface area contributed by atoms with Gasteiger partial charge in [-0.3, -0.25) is 4.79 Å². The van der Waals surface area contributed by atoms with Crippen molar-refractivity contribution in [2.45, 2.75) is 112 Å². The molecule has 0 fully saturated rings. The van der Waals surface area contributed by atoms with Crippen LogP contribution in [-0.4, -0.2) is 23.7 Å². The zero-order valence-corrected chi connectivity index (χ0v) is 27.1. The van der Waals surface area contributed by atoms with E-state index in [1.54, 1.807) is 7.11 Å². The molecule has 2 aromatic carbocycles. The van der Waals surface area contributed by atoms with Gasteiger partial charge in [-0.05, 0) is 134 Å². The number of allylic oxidation sites excluding steroid dienone is 5. The molecule has 0 aromatic heterocycles. The molecule has 0 unspecified atom stereocenters. The van der Waals surface area contributed by atoms with Crippen molar-refractivity contribution in [3.8, 4) is 17.2 Å². The topological polar surface area (TPSA) is 67.8 Å². The second-order valence-corrected chi connectivity index (χ2v) is 12.2. The number of phenols is 1. The maximum Gasteiger partial charge on any atom is 0.246 e. The van der Waals surface area contributed by atoms with E-state index in [4.69, 9.17) is 9.47 Å². The molecule has 0 bridgehead atoms. The molecule has 228 valence electrons. The van der Waals surface area contributed by atoms with E-state index in [9.17, 15) is 9.90 Å². The largest absolute Gasteiger partial charge is 0.507 e. The van der Waals surface area contributed by atoms with Crippen molar-refractivity contribution in [2.24, 2.45) is 0 Å². The van der Waals surface area contributed by atoms with Crippen molar-refractivity contribution >= 4 is 5.91 Å². The first-order chi connectivity index (χ1) is 19.9. The highest BCUT2D eigenvalue weighted by atomic mass is 16.5. The summed E-state index contributed by atoms with van der Waals surface area (Å²) < 4.78 is 11.8.